The first kappa shape index (κ1) is 13.9. The predicted octanol–water partition coefficient (Wildman–Crippen LogP) is 2.35. The van der Waals surface area contributed by atoms with Crippen LogP contribution >= 0.6 is 0 Å². The SMILES string of the molecule is CC(C)C1(N)CN(C(=O)c2ccc3ccccc3c2O)C1. The van der Waals surface area contributed by atoms with Crippen molar-refractivity contribution in [1.29, 1.82) is 0 Å². The van der Waals surface area contributed by atoms with Crippen molar-refractivity contribution in [2.24, 2.45) is 11.7 Å². The summed E-state index contributed by atoms with van der Waals surface area (Å²) in [5.74, 6) is 0.226. The monoisotopic (exact) mass is 284 g/mol. The van der Waals surface area contributed by atoms with Gasteiger partial charge >= 0.3 is 0 Å². The van der Waals surface area contributed by atoms with Crippen LogP contribution in [0.5, 0.6) is 5.75 Å². The molecule has 0 radical (unpaired) electrons. The second kappa shape index (κ2) is 4.74. The van der Waals surface area contributed by atoms with E-state index in [1.165, 1.54) is 0 Å². The summed E-state index contributed by atoms with van der Waals surface area (Å²) < 4.78 is 0. The van der Waals surface area contributed by atoms with Gasteiger partial charge in [0.25, 0.3) is 5.91 Å². The number of rotatable bonds is 2. The molecule has 4 heteroatoms. The molecule has 1 saturated heterocycles. The van der Waals surface area contributed by atoms with Crippen LogP contribution in [-0.4, -0.2) is 34.5 Å². The summed E-state index contributed by atoms with van der Waals surface area (Å²) in [5.41, 5.74) is 6.27. The van der Waals surface area contributed by atoms with Crippen LogP contribution in [0.25, 0.3) is 10.8 Å². The van der Waals surface area contributed by atoms with Gasteiger partial charge in [0.2, 0.25) is 0 Å². The Morgan fingerprint density at radius 2 is 1.90 bits per heavy atom. The zero-order valence-electron chi connectivity index (χ0n) is 12.3. The van der Waals surface area contributed by atoms with E-state index in [4.69, 9.17) is 5.73 Å². The third-order valence-corrected chi connectivity index (χ3v) is 4.54. The second-order valence-electron chi connectivity index (χ2n) is 6.23. The number of amides is 1. The lowest BCUT2D eigenvalue weighted by molar-refractivity contribution is 0.0273. The summed E-state index contributed by atoms with van der Waals surface area (Å²) in [7, 11) is 0. The average molecular weight is 284 g/mol. The normalized spacial score (nSPS) is 17.0. The van der Waals surface area contributed by atoms with E-state index in [1.807, 2.05) is 30.3 Å². The maximum absolute atomic E-state index is 12.5. The first-order chi connectivity index (χ1) is 9.92. The summed E-state index contributed by atoms with van der Waals surface area (Å²) in [6.45, 7) is 5.20. The number of benzene rings is 2. The van der Waals surface area contributed by atoms with Crippen LogP contribution in [0.1, 0.15) is 24.2 Å². The van der Waals surface area contributed by atoms with Crippen molar-refractivity contribution in [3.8, 4) is 5.75 Å². The Morgan fingerprint density at radius 3 is 2.57 bits per heavy atom. The van der Waals surface area contributed by atoms with E-state index in [1.54, 1.807) is 11.0 Å². The molecule has 2 aromatic carbocycles. The Labute approximate surface area is 124 Å². The van der Waals surface area contributed by atoms with Crippen LogP contribution in [0, 0.1) is 5.92 Å². The fourth-order valence-corrected chi connectivity index (χ4v) is 2.77. The molecule has 1 fully saturated rings. The molecule has 4 nitrogen and oxygen atoms in total. The number of phenols is 1. The largest absolute Gasteiger partial charge is 0.506 e. The molecular formula is C17H20N2O2. The lowest BCUT2D eigenvalue weighted by Gasteiger charge is -2.50. The molecule has 0 aromatic heterocycles. The topological polar surface area (TPSA) is 66.6 Å². The zero-order chi connectivity index (χ0) is 15.2. The molecule has 1 aliphatic rings. The van der Waals surface area contributed by atoms with E-state index in [-0.39, 0.29) is 17.2 Å². The fourth-order valence-electron chi connectivity index (χ4n) is 2.77. The molecule has 1 amide bonds. The molecule has 0 spiro atoms. The van der Waals surface area contributed by atoms with Gasteiger partial charge in [0, 0.05) is 18.5 Å². The molecule has 1 aliphatic heterocycles. The summed E-state index contributed by atoms with van der Waals surface area (Å²) in [4.78, 5) is 14.2. The van der Waals surface area contributed by atoms with Crippen LogP contribution in [0.15, 0.2) is 36.4 Å². The number of hydrogen-bond donors (Lipinski definition) is 2. The molecule has 0 atom stereocenters. The molecule has 3 rings (SSSR count). The summed E-state index contributed by atoms with van der Waals surface area (Å²) >= 11 is 0. The Balaban J connectivity index is 1.88. The van der Waals surface area contributed by atoms with Gasteiger partial charge in [-0.2, -0.15) is 0 Å². The molecule has 0 bridgehead atoms. The standard InChI is InChI=1S/C17H20N2O2/c1-11(2)17(18)9-19(10-17)16(21)14-8-7-12-5-3-4-6-13(12)15(14)20/h3-8,11,20H,9-10,18H2,1-2H3. The van der Waals surface area contributed by atoms with Crippen LogP contribution in [-0.2, 0) is 0 Å². The number of nitrogens with two attached hydrogens (primary N) is 1. The average Bonchev–Trinajstić information content (AvgIpc) is 2.43. The molecule has 0 saturated carbocycles. The van der Waals surface area contributed by atoms with Crippen LogP contribution in [0.4, 0.5) is 0 Å². The Bertz CT molecular complexity index is 703. The number of likely N-dealkylation sites (tertiary alicyclic amines) is 1. The van der Waals surface area contributed by atoms with E-state index < -0.39 is 0 Å². The van der Waals surface area contributed by atoms with E-state index >= 15 is 0 Å². The third kappa shape index (κ3) is 2.16. The highest BCUT2D eigenvalue weighted by Gasteiger charge is 2.44. The molecule has 1 heterocycles. The molecule has 2 aromatic rings. The van der Waals surface area contributed by atoms with Gasteiger partial charge < -0.3 is 15.7 Å². The van der Waals surface area contributed by atoms with Gasteiger partial charge in [0.05, 0.1) is 11.1 Å². The minimum Gasteiger partial charge on any atom is -0.506 e. The van der Waals surface area contributed by atoms with Crippen LogP contribution in [0.2, 0.25) is 0 Å². The minimum absolute atomic E-state index is 0.0529. The van der Waals surface area contributed by atoms with Crippen molar-refractivity contribution in [2.45, 2.75) is 19.4 Å². The van der Waals surface area contributed by atoms with E-state index in [2.05, 4.69) is 13.8 Å². The summed E-state index contributed by atoms with van der Waals surface area (Å²) in [5, 5.41) is 12.0. The van der Waals surface area contributed by atoms with E-state index in [9.17, 15) is 9.90 Å². The highest BCUT2D eigenvalue weighted by atomic mass is 16.3. The summed E-state index contributed by atoms with van der Waals surface area (Å²) in [6.07, 6.45) is 0. The van der Waals surface area contributed by atoms with Crippen molar-refractivity contribution < 1.29 is 9.90 Å². The number of phenolic OH excluding ortho intramolecular Hbond substituents is 1. The van der Waals surface area contributed by atoms with Gasteiger partial charge in [-0.15, -0.1) is 0 Å². The van der Waals surface area contributed by atoms with E-state index in [0.29, 0.717) is 30.0 Å². The Hall–Kier alpha value is -2.07. The highest BCUT2D eigenvalue weighted by Crippen LogP contribution is 2.33. The van der Waals surface area contributed by atoms with Gasteiger partial charge in [-0.3, -0.25) is 4.79 Å². The van der Waals surface area contributed by atoms with Crippen molar-refractivity contribution in [3.63, 3.8) is 0 Å². The first-order valence-electron chi connectivity index (χ1n) is 7.21. The maximum atomic E-state index is 12.5. The Kier molecular flexibility index (Phi) is 3.14. The maximum Gasteiger partial charge on any atom is 0.257 e. The number of nitrogens with zero attached hydrogens (tertiary/aromatic N) is 1. The number of hydrogen-bond acceptors (Lipinski definition) is 3. The smallest absolute Gasteiger partial charge is 0.257 e. The third-order valence-electron chi connectivity index (χ3n) is 4.54. The van der Waals surface area contributed by atoms with Crippen LogP contribution < -0.4 is 5.73 Å². The van der Waals surface area contributed by atoms with Crippen molar-refractivity contribution in [1.82, 2.24) is 4.90 Å². The predicted molar refractivity (Wildman–Crippen MR) is 83.3 cm³/mol. The molecule has 21 heavy (non-hydrogen) atoms. The van der Waals surface area contributed by atoms with Gasteiger partial charge in [-0.1, -0.05) is 44.2 Å². The highest BCUT2D eigenvalue weighted by molar-refractivity contribution is 6.03. The zero-order valence-corrected chi connectivity index (χ0v) is 12.3. The van der Waals surface area contributed by atoms with Crippen LogP contribution in [0.3, 0.4) is 0 Å². The Morgan fingerprint density at radius 1 is 1.24 bits per heavy atom. The molecule has 0 aliphatic carbocycles. The number of fused-ring (bicyclic) bond motifs is 1. The van der Waals surface area contributed by atoms with Crippen molar-refractivity contribution in [3.05, 3.63) is 42.0 Å². The second-order valence-corrected chi connectivity index (χ2v) is 6.23. The minimum atomic E-state index is -0.303. The number of carbonyl (C=O) groups excluding carboxylic acids is 1. The van der Waals surface area contributed by atoms with Gasteiger partial charge in [0.15, 0.2) is 0 Å². The summed E-state index contributed by atoms with van der Waals surface area (Å²) in [6, 6.07) is 11.0. The fraction of sp³-hybridized carbons (Fsp3) is 0.353. The van der Waals surface area contributed by atoms with Crippen molar-refractivity contribution in [2.75, 3.05) is 13.1 Å². The van der Waals surface area contributed by atoms with Gasteiger partial charge in [-0.05, 0) is 17.4 Å². The van der Waals surface area contributed by atoms with E-state index in [0.717, 1.165) is 5.39 Å². The lowest BCUT2D eigenvalue weighted by atomic mass is 9.80. The first-order valence-corrected chi connectivity index (χ1v) is 7.21. The molecular weight excluding hydrogens is 264 g/mol. The lowest BCUT2D eigenvalue weighted by Crippen LogP contribution is -2.71. The molecule has 110 valence electrons. The van der Waals surface area contributed by atoms with Gasteiger partial charge in [0.1, 0.15) is 5.75 Å². The van der Waals surface area contributed by atoms with Crippen molar-refractivity contribution >= 4 is 16.7 Å². The quantitative estimate of drug-likeness (QED) is 0.889. The number of carbonyl (C=O) groups is 1. The van der Waals surface area contributed by atoms with Gasteiger partial charge in [-0.25, -0.2) is 0 Å². The molecule has 3 N–H and O–H groups in total. The molecule has 0 unspecified atom stereocenters. The number of aromatic hydroxyl groups is 1.